The minimum Gasteiger partial charge on any atom is -0.444 e. The fourth-order valence-corrected chi connectivity index (χ4v) is 3.69. The highest BCUT2D eigenvalue weighted by Crippen LogP contribution is 2.12. The fraction of sp³-hybridized carbons (Fsp3) is 0.480. The van der Waals surface area contributed by atoms with Gasteiger partial charge in [-0.05, 0) is 51.4 Å². The van der Waals surface area contributed by atoms with Crippen LogP contribution in [0.5, 0.6) is 0 Å². The SMILES string of the molecule is CC(C)(C)OC(=O)N1CCN(CCCNC(=O)c2cccn(Cc3ccccc3)c2=O)CC1. The summed E-state index contributed by atoms with van der Waals surface area (Å²) < 4.78 is 6.97. The summed E-state index contributed by atoms with van der Waals surface area (Å²) in [6, 6.07) is 13.0. The third kappa shape index (κ3) is 7.46. The van der Waals surface area contributed by atoms with Gasteiger partial charge in [0, 0.05) is 38.9 Å². The quantitative estimate of drug-likeness (QED) is 0.650. The van der Waals surface area contributed by atoms with Crippen LogP contribution in [0.1, 0.15) is 43.1 Å². The summed E-state index contributed by atoms with van der Waals surface area (Å²) in [6.07, 6.45) is 2.20. The first-order valence-electron chi connectivity index (χ1n) is 11.4. The number of amides is 2. The fourth-order valence-electron chi connectivity index (χ4n) is 3.69. The Hall–Kier alpha value is -3.13. The molecular formula is C25H34N4O4. The van der Waals surface area contributed by atoms with Crippen molar-refractivity contribution >= 4 is 12.0 Å². The lowest BCUT2D eigenvalue weighted by Gasteiger charge is -2.35. The zero-order valence-electron chi connectivity index (χ0n) is 19.8. The van der Waals surface area contributed by atoms with Crippen molar-refractivity contribution in [3.8, 4) is 0 Å². The van der Waals surface area contributed by atoms with Gasteiger partial charge in [0.15, 0.2) is 0 Å². The molecule has 2 aromatic rings. The lowest BCUT2D eigenvalue weighted by atomic mass is 10.2. The first-order valence-corrected chi connectivity index (χ1v) is 11.4. The van der Waals surface area contributed by atoms with Gasteiger partial charge in [-0.2, -0.15) is 0 Å². The number of hydrogen-bond acceptors (Lipinski definition) is 5. The highest BCUT2D eigenvalue weighted by molar-refractivity contribution is 5.93. The number of rotatable bonds is 7. The van der Waals surface area contributed by atoms with Crippen LogP contribution in [0.25, 0.3) is 0 Å². The molecule has 0 aliphatic carbocycles. The van der Waals surface area contributed by atoms with Crippen LogP contribution >= 0.6 is 0 Å². The van der Waals surface area contributed by atoms with Gasteiger partial charge in [0.1, 0.15) is 11.2 Å². The van der Waals surface area contributed by atoms with Crippen LogP contribution in [0.2, 0.25) is 0 Å². The molecule has 0 bridgehead atoms. The zero-order valence-corrected chi connectivity index (χ0v) is 19.8. The number of hydrogen-bond donors (Lipinski definition) is 1. The lowest BCUT2D eigenvalue weighted by molar-refractivity contribution is 0.0144. The van der Waals surface area contributed by atoms with Crippen LogP contribution in [0.4, 0.5) is 4.79 Å². The van der Waals surface area contributed by atoms with E-state index in [0.29, 0.717) is 26.2 Å². The van der Waals surface area contributed by atoms with Crippen molar-refractivity contribution in [2.75, 3.05) is 39.3 Å². The molecule has 1 aliphatic rings. The topological polar surface area (TPSA) is 83.9 Å². The minimum atomic E-state index is -0.490. The molecule has 0 saturated carbocycles. The molecule has 1 aromatic carbocycles. The van der Waals surface area contributed by atoms with Gasteiger partial charge in [-0.3, -0.25) is 14.5 Å². The van der Waals surface area contributed by atoms with E-state index in [1.54, 1.807) is 27.8 Å². The highest BCUT2D eigenvalue weighted by Gasteiger charge is 2.25. The number of nitrogens with zero attached hydrogens (tertiary/aromatic N) is 3. The Morgan fingerprint density at radius 3 is 2.36 bits per heavy atom. The molecule has 1 fully saturated rings. The maximum atomic E-state index is 12.7. The average molecular weight is 455 g/mol. The molecule has 0 atom stereocenters. The Kier molecular flexibility index (Phi) is 8.27. The number of carbonyl (C=O) groups is 2. The Bertz CT molecular complexity index is 989. The van der Waals surface area contributed by atoms with E-state index in [1.165, 1.54) is 0 Å². The number of aromatic nitrogens is 1. The van der Waals surface area contributed by atoms with E-state index in [1.807, 2.05) is 51.1 Å². The summed E-state index contributed by atoms with van der Waals surface area (Å²) in [5.41, 5.74) is 0.371. The second kappa shape index (κ2) is 11.1. The Morgan fingerprint density at radius 1 is 1.00 bits per heavy atom. The number of nitrogens with one attached hydrogen (secondary N) is 1. The van der Waals surface area contributed by atoms with Crippen molar-refractivity contribution in [1.29, 1.82) is 0 Å². The number of benzene rings is 1. The molecule has 1 aromatic heterocycles. The number of pyridine rings is 1. The van der Waals surface area contributed by atoms with Crippen LogP contribution in [0, 0.1) is 0 Å². The van der Waals surface area contributed by atoms with Gasteiger partial charge in [0.2, 0.25) is 0 Å². The van der Waals surface area contributed by atoms with Gasteiger partial charge in [0.05, 0.1) is 6.54 Å². The summed E-state index contributed by atoms with van der Waals surface area (Å²) in [5, 5.41) is 2.86. The minimum absolute atomic E-state index is 0.152. The molecule has 1 aliphatic heterocycles. The predicted molar refractivity (Wildman–Crippen MR) is 127 cm³/mol. The van der Waals surface area contributed by atoms with E-state index in [9.17, 15) is 14.4 Å². The molecule has 33 heavy (non-hydrogen) atoms. The highest BCUT2D eigenvalue weighted by atomic mass is 16.6. The van der Waals surface area contributed by atoms with Crippen LogP contribution < -0.4 is 10.9 Å². The standard InChI is InChI=1S/C25H34N4O4/c1-25(2,3)33-24(32)28-17-15-27(16-18-28)13-8-12-26-22(30)21-11-7-14-29(23(21)31)19-20-9-5-4-6-10-20/h4-7,9-11,14H,8,12-13,15-19H2,1-3H3,(H,26,30). The second-order valence-electron chi connectivity index (χ2n) is 9.26. The first kappa shape index (κ1) is 24.5. The van der Waals surface area contributed by atoms with Gasteiger partial charge < -0.3 is 19.5 Å². The van der Waals surface area contributed by atoms with E-state index in [2.05, 4.69) is 10.2 Å². The molecule has 2 amide bonds. The van der Waals surface area contributed by atoms with Crippen LogP contribution in [-0.4, -0.2) is 71.2 Å². The average Bonchev–Trinajstić information content (AvgIpc) is 2.78. The van der Waals surface area contributed by atoms with E-state index < -0.39 is 5.60 Å². The molecule has 0 radical (unpaired) electrons. The van der Waals surface area contributed by atoms with Crippen molar-refractivity contribution in [2.24, 2.45) is 0 Å². The van der Waals surface area contributed by atoms with Gasteiger partial charge in [-0.1, -0.05) is 30.3 Å². The Labute approximate surface area is 195 Å². The van der Waals surface area contributed by atoms with Gasteiger partial charge in [-0.25, -0.2) is 4.79 Å². The Balaban J connectivity index is 1.41. The van der Waals surface area contributed by atoms with Gasteiger partial charge >= 0.3 is 6.09 Å². The summed E-state index contributed by atoms with van der Waals surface area (Å²) >= 11 is 0. The number of piperazine rings is 1. The largest absolute Gasteiger partial charge is 0.444 e. The summed E-state index contributed by atoms with van der Waals surface area (Å²) in [7, 11) is 0. The van der Waals surface area contributed by atoms with Crippen molar-refractivity contribution < 1.29 is 14.3 Å². The monoisotopic (exact) mass is 454 g/mol. The summed E-state index contributed by atoms with van der Waals surface area (Å²) in [6.45, 7) is 10.1. The predicted octanol–water partition coefficient (Wildman–Crippen LogP) is 2.57. The molecule has 3 rings (SSSR count). The van der Waals surface area contributed by atoms with Gasteiger partial charge in [0.25, 0.3) is 11.5 Å². The third-order valence-corrected chi connectivity index (χ3v) is 5.42. The van der Waals surface area contributed by atoms with Crippen LogP contribution in [-0.2, 0) is 11.3 Å². The van der Waals surface area contributed by atoms with E-state index in [4.69, 9.17) is 4.74 Å². The van der Waals surface area contributed by atoms with E-state index in [-0.39, 0.29) is 23.1 Å². The molecule has 1 N–H and O–H groups in total. The second-order valence-corrected chi connectivity index (χ2v) is 9.26. The number of ether oxygens (including phenoxy) is 1. The maximum absolute atomic E-state index is 12.7. The van der Waals surface area contributed by atoms with E-state index in [0.717, 1.165) is 31.6 Å². The molecule has 0 unspecified atom stereocenters. The third-order valence-electron chi connectivity index (χ3n) is 5.42. The van der Waals surface area contributed by atoms with Crippen molar-refractivity contribution in [3.63, 3.8) is 0 Å². The maximum Gasteiger partial charge on any atom is 0.410 e. The molecule has 0 spiro atoms. The molecule has 8 nitrogen and oxygen atoms in total. The van der Waals surface area contributed by atoms with Crippen LogP contribution in [0.15, 0.2) is 53.5 Å². The molecule has 178 valence electrons. The first-order chi connectivity index (χ1) is 15.7. The summed E-state index contributed by atoms with van der Waals surface area (Å²) in [4.78, 5) is 41.4. The Morgan fingerprint density at radius 2 is 1.70 bits per heavy atom. The van der Waals surface area contributed by atoms with Crippen molar-refractivity contribution in [1.82, 2.24) is 19.7 Å². The lowest BCUT2D eigenvalue weighted by Crippen LogP contribution is -2.50. The zero-order chi connectivity index (χ0) is 23.8. The molecule has 1 saturated heterocycles. The molecule has 8 heteroatoms. The van der Waals surface area contributed by atoms with Crippen LogP contribution in [0.3, 0.4) is 0 Å². The number of carbonyl (C=O) groups excluding carboxylic acids is 2. The van der Waals surface area contributed by atoms with Gasteiger partial charge in [-0.15, -0.1) is 0 Å². The molecule has 2 heterocycles. The summed E-state index contributed by atoms with van der Waals surface area (Å²) in [5.74, 6) is -0.350. The van der Waals surface area contributed by atoms with Crippen molar-refractivity contribution in [2.45, 2.75) is 39.3 Å². The van der Waals surface area contributed by atoms with Crippen molar-refractivity contribution in [3.05, 3.63) is 70.1 Å². The smallest absolute Gasteiger partial charge is 0.410 e. The van der Waals surface area contributed by atoms with E-state index >= 15 is 0 Å². The molecular weight excluding hydrogens is 420 g/mol. The normalized spacial score (nSPS) is 14.7.